The SMILES string of the molecule is CCS(=O)(=O)c1ccc(NS(=O)(=O)c2ccc(Cl)cc2)cc1. The van der Waals surface area contributed by atoms with Gasteiger partial charge in [0.15, 0.2) is 9.84 Å². The lowest BCUT2D eigenvalue weighted by Gasteiger charge is -2.09. The third-order valence-electron chi connectivity index (χ3n) is 2.97. The van der Waals surface area contributed by atoms with Gasteiger partial charge in [-0.1, -0.05) is 18.5 Å². The van der Waals surface area contributed by atoms with Gasteiger partial charge in [-0.05, 0) is 48.5 Å². The largest absolute Gasteiger partial charge is 0.280 e. The number of sulfonamides is 1. The van der Waals surface area contributed by atoms with Gasteiger partial charge in [-0.25, -0.2) is 16.8 Å². The van der Waals surface area contributed by atoms with E-state index in [0.717, 1.165) is 0 Å². The standard InChI is InChI=1S/C14H14ClNO4S2/c1-2-21(17,18)13-9-5-12(6-10-13)16-22(19,20)14-7-3-11(15)4-8-14/h3-10,16H,2H2,1H3. The lowest BCUT2D eigenvalue weighted by molar-refractivity contribution is 0.597. The van der Waals surface area contributed by atoms with Crippen LogP contribution >= 0.6 is 11.6 Å². The second-order valence-electron chi connectivity index (χ2n) is 4.49. The number of benzene rings is 2. The molecule has 0 bridgehead atoms. The summed E-state index contributed by atoms with van der Waals surface area (Å²) in [5.41, 5.74) is 0.282. The topological polar surface area (TPSA) is 80.3 Å². The number of hydrogen-bond donors (Lipinski definition) is 1. The van der Waals surface area contributed by atoms with Gasteiger partial charge in [0.1, 0.15) is 0 Å². The predicted molar refractivity (Wildman–Crippen MR) is 86.4 cm³/mol. The average molecular weight is 360 g/mol. The highest BCUT2D eigenvalue weighted by atomic mass is 35.5. The molecule has 0 atom stereocenters. The zero-order valence-electron chi connectivity index (χ0n) is 11.7. The van der Waals surface area contributed by atoms with Gasteiger partial charge in [0, 0.05) is 10.7 Å². The van der Waals surface area contributed by atoms with Crippen LogP contribution in [0.1, 0.15) is 6.92 Å². The molecule has 0 aromatic heterocycles. The first kappa shape index (κ1) is 16.8. The van der Waals surface area contributed by atoms with Crippen molar-refractivity contribution in [2.45, 2.75) is 16.7 Å². The van der Waals surface area contributed by atoms with Crippen LogP contribution < -0.4 is 4.72 Å². The van der Waals surface area contributed by atoms with Crippen LogP contribution in [0.4, 0.5) is 5.69 Å². The molecule has 0 saturated carbocycles. The Kier molecular flexibility index (Phi) is 4.79. The minimum Gasteiger partial charge on any atom is -0.280 e. The van der Waals surface area contributed by atoms with Crippen LogP contribution in [0.2, 0.25) is 5.02 Å². The Morgan fingerprint density at radius 2 is 1.36 bits per heavy atom. The van der Waals surface area contributed by atoms with Crippen LogP contribution in [0.5, 0.6) is 0 Å². The fourth-order valence-electron chi connectivity index (χ4n) is 1.72. The van der Waals surface area contributed by atoms with Crippen LogP contribution in [-0.4, -0.2) is 22.6 Å². The quantitative estimate of drug-likeness (QED) is 0.890. The number of rotatable bonds is 5. The fraction of sp³-hybridized carbons (Fsp3) is 0.143. The minimum absolute atomic E-state index is 0.0111. The molecular weight excluding hydrogens is 346 g/mol. The first-order valence-electron chi connectivity index (χ1n) is 6.36. The molecule has 2 aromatic carbocycles. The molecule has 8 heteroatoms. The Labute approximate surface area is 134 Å². The van der Waals surface area contributed by atoms with Crippen LogP contribution in [0.25, 0.3) is 0 Å². The molecule has 0 heterocycles. The van der Waals surface area contributed by atoms with Gasteiger partial charge in [-0.3, -0.25) is 4.72 Å². The smallest absolute Gasteiger partial charge is 0.261 e. The Morgan fingerprint density at radius 1 is 0.864 bits per heavy atom. The highest BCUT2D eigenvalue weighted by Crippen LogP contribution is 2.20. The van der Waals surface area contributed by atoms with Gasteiger partial charge in [-0.2, -0.15) is 0 Å². The zero-order chi connectivity index (χ0) is 16.4. The molecule has 0 unspecified atom stereocenters. The van der Waals surface area contributed by atoms with Crippen molar-refractivity contribution in [2.75, 3.05) is 10.5 Å². The summed E-state index contributed by atoms with van der Waals surface area (Å²) in [6, 6.07) is 11.3. The van der Waals surface area contributed by atoms with Crippen molar-refractivity contribution in [1.82, 2.24) is 0 Å². The maximum absolute atomic E-state index is 12.2. The van der Waals surface area contributed by atoms with Crippen molar-refractivity contribution >= 4 is 37.1 Å². The first-order valence-corrected chi connectivity index (χ1v) is 9.87. The van der Waals surface area contributed by atoms with E-state index in [1.807, 2.05) is 0 Å². The summed E-state index contributed by atoms with van der Waals surface area (Å²) in [7, 11) is -7.05. The minimum atomic E-state index is -3.74. The van der Waals surface area contributed by atoms with Crippen molar-refractivity contribution in [3.8, 4) is 0 Å². The highest BCUT2D eigenvalue weighted by Gasteiger charge is 2.15. The molecule has 0 fully saturated rings. The second kappa shape index (κ2) is 6.28. The van der Waals surface area contributed by atoms with E-state index in [4.69, 9.17) is 11.6 Å². The Hall–Kier alpha value is -1.57. The molecule has 5 nitrogen and oxygen atoms in total. The van der Waals surface area contributed by atoms with Crippen LogP contribution in [0, 0.1) is 0 Å². The Balaban J connectivity index is 2.25. The zero-order valence-corrected chi connectivity index (χ0v) is 14.0. The molecule has 0 aliphatic carbocycles. The van der Waals surface area contributed by atoms with Crippen LogP contribution in [0.3, 0.4) is 0 Å². The van der Waals surface area contributed by atoms with E-state index in [1.54, 1.807) is 6.92 Å². The molecule has 2 rings (SSSR count). The van der Waals surface area contributed by atoms with E-state index in [2.05, 4.69) is 4.72 Å². The number of sulfone groups is 1. The monoisotopic (exact) mass is 359 g/mol. The molecule has 1 N–H and O–H groups in total. The summed E-state index contributed by atoms with van der Waals surface area (Å²) >= 11 is 5.72. The summed E-state index contributed by atoms with van der Waals surface area (Å²) in [6.07, 6.45) is 0. The molecule has 0 aliphatic rings. The van der Waals surface area contributed by atoms with Gasteiger partial charge >= 0.3 is 0 Å². The van der Waals surface area contributed by atoms with Crippen molar-refractivity contribution in [1.29, 1.82) is 0 Å². The molecule has 118 valence electrons. The number of halogens is 1. The summed E-state index contributed by atoms with van der Waals surface area (Å²) in [5, 5.41) is 0.438. The van der Waals surface area contributed by atoms with Gasteiger partial charge < -0.3 is 0 Å². The third kappa shape index (κ3) is 3.79. The second-order valence-corrected chi connectivity index (χ2v) is 8.88. The molecule has 0 aliphatic heterocycles. The highest BCUT2D eigenvalue weighted by molar-refractivity contribution is 7.92. The van der Waals surface area contributed by atoms with Crippen molar-refractivity contribution in [3.63, 3.8) is 0 Å². The first-order chi connectivity index (χ1) is 10.2. The van der Waals surface area contributed by atoms with Crippen molar-refractivity contribution in [3.05, 3.63) is 53.6 Å². The predicted octanol–water partition coefficient (Wildman–Crippen LogP) is 2.93. The maximum Gasteiger partial charge on any atom is 0.261 e. The van der Waals surface area contributed by atoms with Gasteiger partial charge in [-0.15, -0.1) is 0 Å². The summed E-state index contributed by atoms with van der Waals surface area (Å²) in [4.78, 5) is 0.228. The third-order valence-corrected chi connectivity index (χ3v) is 6.37. The number of hydrogen-bond acceptors (Lipinski definition) is 4. The molecule has 2 aromatic rings. The van der Waals surface area contributed by atoms with Crippen LogP contribution in [-0.2, 0) is 19.9 Å². The van der Waals surface area contributed by atoms with E-state index in [1.165, 1.54) is 48.5 Å². The van der Waals surface area contributed by atoms with Gasteiger partial charge in [0.05, 0.1) is 15.5 Å². The molecular formula is C14H14ClNO4S2. The Bertz CT molecular complexity index is 858. The normalized spacial score (nSPS) is 12.1. The van der Waals surface area contributed by atoms with E-state index < -0.39 is 19.9 Å². The van der Waals surface area contributed by atoms with Gasteiger partial charge in [0.25, 0.3) is 10.0 Å². The molecule has 0 amide bonds. The van der Waals surface area contributed by atoms with E-state index in [0.29, 0.717) is 5.02 Å². The van der Waals surface area contributed by atoms with E-state index in [9.17, 15) is 16.8 Å². The summed E-state index contributed by atoms with van der Waals surface area (Å²) in [6.45, 7) is 1.55. The number of anilines is 1. The average Bonchev–Trinajstić information content (AvgIpc) is 2.48. The summed E-state index contributed by atoms with van der Waals surface area (Å²) < 4.78 is 50.1. The Morgan fingerprint density at radius 3 is 1.86 bits per heavy atom. The van der Waals surface area contributed by atoms with Crippen molar-refractivity contribution in [2.24, 2.45) is 0 Å². The van der Waals surface area contributed by atoms with E-state index >= 15 is 0 Å². The lowest BCUT2D eigenvalue weighted by atomic mass is 10.3. The molecule has 22 heavy (non-hydrogen) atoms. The van der Waals surface area contributed by atoms with Crippen molar-refractivity contribution < 1.29 is 16.8 Å². The molecule has 0 radical (unpaired) electrons. The van der Waals surface area contributed by atoms with Crippen LogP contribution in [0.15, 0.2) is 58.3 Å². The number of nitrogens with one attached hydrogen (secondary N) is 1. The fourth-order valence-corrected chi connectivity index (χ4v) is 3.79. The lowest BCUT2D eigenvalue weighted by Crippen LogP contribution is -2.13. The molecule has 0 spiro atoms. The maximum atomic E-state index is 12.2. The molecule has 0 saturated heterocycles. The van der Waals surface area contributed by atoms with E-state index in [-0.39, 0.29) is 21.2 Å². The summed E-state index contributed by atoms with van der Waals surface area (Å²) in [5.74, 6) is -0.0111. The van der Waals surface area contributed by atoms with Gasteiger partial charge in [0.2, 0.25) is 0 Å².